The number of carbonyl (C=O) groups excluding carboxylic acids is 1. The van der Waals surface area contributed by atoms with Crippen LogP contribution < -0.4 is 14.8 Å². The molecule has 2 atom stereocenters. The molecule has 2 N–H and O–H groups in total. The Hall–Kier alpha value is -4.76. The first-order valence-corrected chi connectivity index (χ1v) is 13.9. The lowest BCUT2D eigenvalue weighted by atomic mass is 9.82. The largest absolute Gasteiger partial charge is 0.497 e. The van der Waals surface area contributed by atoms with Gasteiger partial charge in [-0.15, -0.1) is 0 Å². The maximum atomic E-state index is 14.3. The highest BCUT2D eigenvalue weighted by Gasteiger charge is 2.53. The molecule has 0 bridgehead atoms. The van der Waals surface area contributed by atoms with Gasteiger partial charge in [0.15, 0.2) is 11.6 Å². The van der Waals surface area contributed by atoms with Gasteiger partial charge in [0.2, 0.25) is 5.90 Å². The number of carbonyl (C=O) groups is 1. The van der Waals surface area contributed by atoms with Crippen LogP contribution in [0.15, 0.2) is 102 Å². The zero-order valence-corrected chi connectivity index (χ0v) is 23.6. The van der Waals surface area contributed by atoms with Gasteiger partial charge in [0.1, 0.15) is 23.1 Å². The van der Waals surface area contributed by atoms with E-state index in [1.54, 1.807) is 43.5 Å². The predicted octanol–water partition coefficient (Wildman–Crippen LogP) is 5.55. The Morgan fingerprint density at radius 3 is 2.37 bits per heavy atom. The SMILES string of the molecule is COc1cccc([C@H]2OC(c3ccc(OCCCO)cc3)=N[C@@]2(Cc2ccccc2)C(=O)NCc2cc(F)cc(F)c2)c1. The molecule has 222 valence electrons. The lowest BCUT2D eigenvalue weighted by molar-refractivity contribution is -0.129. The maximum absolute atomic E-state index is 14.3. The molecule has 0 unspecified atom stereocenters. The third kappa shape index (κ3) is 7.01. The van der Waals surface area contributed by atoms with E-state index < -0.39 is 29.2 Å². The van der Waals surface area contributed by atoms with Crippen LogP contribution in [-0.4, -0.2) is 42.8 Å². The molecule has 4 aromatic rings. The molecule has 7 nitrogen and oxygen atoms in total. The fourth-order valence-electron chi connectivity index (χ4n) is 5.04. The van der Waals surface area contributed by atoms with E-state index in [0.29, 0.717) is 35.7 Å². The number of hydrogen-bond donors (Lipinski definition) is 2. The molecule has 0 spiro atoms. The van der Waals surface area contributed by atoms with Crippen molar-refractivity contribution >= 4 is 11.8 Å². The third-order valence-electron chi connectivity index (χ3n) is 7.12. The van der Waals surface area contributed by atoms with Crippen LogP contribution in [0.3, 0.4) is 0 Å². The van der Waals surface area contributed by atoms with E-state index in [9.17, 15) is 13.6 Å². The molecule has 0 aromatic heterocycles. The van der Waals surface area contributed by atoms with Crippen molar-refractivity contribution in [2.75, 3.05) is 20.3 Å². The lowest BCUT2D eigenvalue weighted by Gasteiger charge is -2.31. The molecular weight excluding hydrogens is 554 g/mol. The number of benzene rings is 4. The molecular formula is C34H32F2N2O5. The summed E-state index contributed by atoms with van der Waals surface area (Å²) in [7, 11) is 1.56. The third-order valence-corrected chi connectivity index (χ3v) is 7.12. The minimum atomic E-state index is -1.48. The smallest absolute Gasteiger partial charge is 0.252 e. The molecule has 43 heavy (non-hydrogen) atoms. The standard InChI is InChI=1S/C34H32F2N2O5/c1-41-30-10-5-9-26(19-30)31-34(21-23-7-3-2-4-8-23,33(40)37-22-24-17-27(35)20-28(36)18-24)38-32(43-31)25-11-13-29(14-12-25)42-16-6-15-39/h2-5,7-14,17-20,31,39H,6,15-16,21-22H2,1H3,(H,37,40)/t31-,34-/m1/s1. The zero-order valence-electron chi connectivity index (χ0n) is 23.6. The quantitative estimate of drug-likeness (QED) is 0.213. The van der Waals surface area contributed by atoms with Gasteiger partial charge in [-0.2, -0.15) is 0 Å². The van der Waals surface area contributed by atoms with Crippen LogP contribution in [0.2, 0.25) is 0 Å². The first-order chi connectivity index (χ1) is 20.9. The van der Waals surface area contributed by atoms with Crippen LogP contribution >= 0.6 is 0 Å². The number of methoxy groups -OCH3 is 1. The fourth-order valence-corrected chi connectivity index (χ4v) is 5.04. The van der Waals surface area contributed by atoms with E-state index in [2.05, 4.69) is 5.32 Å². The first-order valence-electron chi connectivity index (χ1n) is 13.9. The molecule has 4 aromatic carbocycles. The van der Waals surface area contributed by atoms with E-state index in [0.717, 1.165) is 11.6 Å². The summed E-state index contributed by atoms with van der Waals surface area (Å²) in [5.74, 6) is -0.457. The highest BCUT2D eigenvalue weighted by Crippen LogP contribution is 2.43. The number of hydrogen-bond acceptors (Lipinski definition) is 6. The van der Waals surface area contributed by atoms with Gasteiger partial charge in [0, 0.05) is 37.6 Å². The van der Waals surface area contributed by atoms with Crippen LogP contribution in [0.4, 0.5) is 8.78 Å². The van der Waals surface area contributed by atoms with Gasteiger partial charge < -0.3 is 24.6 Å². The highest BCUT2D eigenvalue weighted by molar-refractivity contribution is 6.01. The second-order valence-electron chi connectivity index (χ2n) is 10.2. The molecule has 1 heterocycles. The van der Waals surface area contributed by atoms with Crippen LogP contribution in [0.5, 0.6) is 11.5 Å². The monoisotopic (exact) mass is 586 g/mol. The minimum Gasteiger partial charge on any atom is -0.497 e. The van der Waals surface area contributed by atoms with Crippen LogP contribution in [0.25, 0.3) is 0 Å². The summed E-state index contributed by atoms with van der Waals surface area (Å²) in [5.41, 5.74) is 0.954. The number of amides is 1. The van der Waals surface area contributed by atoms with E-state index in [1.165, 1.54) is 12.1 Å². The molecule has 0 radical (unpaired) electrons. The Morgan fingerprint density at radius 2 is 1.67 bits per heavy atom. The zero-order chi connectivity index (χ0) is 30.2. The summed E-state index contributed by atoms with van der Waals surface area (Å²) in [6.45, 7) is 0.300. The number of ether oxygens (including phenoxy) is 3. The highest BCUT2D eigenvalue weighted by atomic mass is 19.1. The van der Waals surface area contributed by atoms with Gasteiger partial charge >= 0.3 is 0 Å². The number of aliphatic imine (C=N–C) groups is 1. The number of rotatable bonds is 12. The lowest BCUT2D eigenvalue weighted by Crippen LogP contribution is -2.49. The average molecular weight is 587 g/mol. The molecule has 0 saturated carbocycles. The van der Waals surface area contributed by atoms with E-state index in [1.807, 2.05) is 42.5 Å². The summed E-state index contributed by atoms with van der Waals surface area (Å²) in [6.07, 6.45) is -0.160. The second kappa shape index (κ2) is 13.5. The Morgan fingerprint density at radius 1 is 0.930 bits per heavy atom. The van der Waals surface area contributed by atoms with Crippen molar-refractivity contribution in [2.45, 2.75) is 31.0 Å². The second-order valence-corrected chi connectivity index (χ2v) is 10.2. The van der Waals surface area contributed by atoms with Crippen molar-refractivity contribution in [3.8, 4) is 11.5 Å². The maximum Gasteiger partial charge on any atom is 0.252 e. The first kappa shape index (κ1) is 29.7. The summed E-state index contributed by atoms with van der Waals surface area (Å²) >= 11 is 0. The van der Waals surface area contributed by atoms with Crippen molar-refractivity contribution in [1.82, 2.24) is 5.32 Å². The Balaban J connectivity index is 1.56. The molecule has 1 aliphatic rings. The van der Waals surface area contributed by atoms with Crippen molar-refractivity contribution in [3.63, 3.8) is 0 Å². The van der Waals surface area contributed by atoms with Crippen LogP contribution in [0, 0.1) is 11.6 Å². The van der Waals surface area contributed by atoms with E-state index in [4.69, 9.17) is 24.3 Å². The van der Waals surface area contributed by atoms with Gasteiger partial charge in [-0.05, 0) is 65.2 Å². The van der Waals surface area contributed by atoms with E-state index >= 15 is 0 Å². The summed E-state index contributed by atoms with van der Waals surface area (Å²) in [5, 5.41) is 11.9. The topological polar surface area (TPSA) is 89.4 Å². The molecule has 5 rings (SSSR count). The molecule has 0 fully saturated rings. The molecule has 0 saturated heterocycles. The minimum absolute atomic E-state index is 0.0358. The Kier molecular flexibility index (Phi) is 9.32. The average Bonchev–Trinajstić information content (AvgIpc) is 3.41. The molecule has 9 heteroatoms. The predicted molar refractivity (Wildman–Crippen MR) is 158 cm³/mol. The normalized spacial score (nSPS) is 17.6. The van der Waals surface area contributed by atoms with Crippen molar-refractivity contribution in [3.05, 3.63) is 131 Å². The fraction of sp³-hybridized carbons (Fsp3) is 0.235. The van der Waals surface area contributed by atoms with Crippen molar-refractivity contribution in [1.29, 1.82) is 0 Å². The number of aliphatic hydroxyl groups is 1. The summed E-state index contributed by atoms with van der Waals surface area (Å²) in [6, 6.07) is 27.0. The summed E-state index contributed by atoms with van der Waals surface area (Å²) < 4.78 is 45.4. The number of nitrogens with zero attached hydrogens (tertiary/aromatic N) is 1. The van der Waals surface area contributed by atoms with Gasteiger partial charge in [-0.3, -0.25) is 4.79 Å². The summed E-state index contributed by atoms with van der Waals surface area (Å²) in [4.78, 5) is 19.2. The molecule has 1 aliphatic heterocycles. The van der Waals surface area contributed by atoms with Crippen molar-refractivity contribution in [2.24, 2.45) is 4.99 Å². The van der Waals surface area contributed by atoms with Gasteiger partial charge in [0.25, 0.3) is 5.91 Å². The Labute approximate surface area is 248 Å². The number of nitrogens with one attached hydrogen (secondary N) is 1. The van der Waals surface area contributed by atoms with Gasteiger partial charge in [-0.1, -0.05) is 42.5 Å². The number of aliphatic hydroxyl groups excluding tert-OH is 1. The van der Waals surface area contributed by atoms with E-state index in [-0.39, 0.29) is 31.0 Å². The molecule has 1 amide bonds. The van der Waals surface area contributed by atoms with Gasteiger partial charge in [0.05, 0.1) is 13.7 Å². The number of halogens is 2. The van der Waals surface area contributed by atoms with Gasteiger partial charge in [-0.25, -0.2) is 13.8 Å². The Bertz CT molecular complexity index is 1560. The van der Waals surface area contributed by atoms with Crippen molar-refractivity contribution < 1.29 is 32.9 Å². The molecule has 0 aliphatic carbocycles. The van der Waals surface area contributed by atoms with Crippen LogP contribution in [-0.2, 0) is 22.5 Å². The van der Waals surface area contributed by atoms with Crippen LogP contribution in [0.1, 0.15) is 34.8 Å².